The summed E-state index contributed by atoms with van der Waals surface area (Å²) in [6.45, 7) is 5.68. The molecule has 0 aromatic heterocycles. The van der Waals surface area contributed by atoms with Gasteiger partial charge in [0.05, 0.1) is 4.90 Å². The average Bonchev–Trinajstić information content (AvgIpc) is 2.70. The minimum Gasteiger partial charge on any atom is -0.492 e. The van der Waals surface area contributed by atoms with Crippen LogP contribution in [0.2, 0.25) is 0 Å². The van der Waals surface area contributed by atoms with Crippen LogP contribution in [0, 0.1) is 11.6 Å². The molecule has 3 rings (SSSR count). The number of piperazine rings is 1. The fourth-order valence-corrected chi connectivity index (χ4v) is 3.86. The van der Waals surface area contributed by atoms with Gasteiger partial charge < -0.3 is 9.47 Å². The number of halogens is 2. The van der Waals surface area contributed by atoms with Crippen molar-refractivity contribution in [1.82, 2.24) is 9.80 Å². The predicted octanol–water partition coefficient (Wildman–Crippen LogP) is 2.44. The summed E-state index contributed by atoms with van der Waals surface area (Å²) in [5.74, 6) is -0.709. The summed E-state index contributed by atoms with van der Waals surface area (Å²) < 4.78 is 60.8. The average molecular weight is 441 g/mol. The van der Waals surface area contributed by atoms with Crippen molar-refractivity contribution in [3.8, 4) is 11.5 Å². The standard InChI is InChI=1S/C21H26F2N2O4S/c1-30(26,27)19-4-2-3-18(16-19)28-13-11-24-7-9-25(10-8-24)12-14-29-21-6-5-17(22)15-20(21)23/h2-6,15-16H,7-14H2,1H3. The van der Waals surface area contributed by atoms with E-state index in [9.17, 15) is 17.2 Å². The van der Waals surface area contributed by atoms with Crippen LogP contribution < -0.4 is 9.47 Å². The lowest BCUT2D eigenvalue weighted by Crippen LogP contribution is -2.48. The van der Waals surface area contributed by atoms with Gasteiger partial charge in [-0.1, -0.05) is 6.07 Å². The van der Waals surface area contributed by atoms with Gasteiger partial charge in [-0.2, -0.15) is 0 Å². The number of nitrogens with zero attached hydrogens (tertiary/aromatic N) is 2. The molecule has 1 heterocycles. The Bertz CT molecular complexity index is 948. The molecule has 30 heavy (non-hydrogen) atoms. The summed E-state index contributed by atoms with van der Waals surface area (Å²) in [5, 5.41) is 0. The number of ether oxygens (including phenoxy) is 2. The number of sulfone groups is 1. The van der Waals surface area contributed by atoms with Gasteiger partial charge in [0, 0.05) is 51.6 Å². The zero-order chi connectivity index (χ0) is 21.6. The summed E-state index contributed by atoms with van der Waals surface area (Å²) in [6, 6.07) is 9.80. The summed E-state index contributed by atoms with van der Waals surface area (Å²) in [6.07, 6.45) is 1.17. The molecule has 9 heteroatoms. The molecule has 0 N–H and O–H groups in total. The lowest BCUT2D eigenvalue weighted by Gasteiger charge is -2.34. The Morgan fingerprint density at radius 1 is 0.900 bits per heavy atom. The van der Waals surface area contributed by atoms with Crippen molar-refractivity contribution in [2.45, 2.75) is 4.90 Å². The zero-order valence-electron chi connectivity index (χ0n) is 16.9. The molecule has 1 fully saturated rings. The van der Waals surface area contributed by atoms with Crippen LogP contribution in [-0.2, 0) is 9.84 Å². The van der Waals surface area contributed by atoms with Crippen molar-refractivity contribution in [2.24, 2.45) is 0 Å². The molecule has 0 bridgehead atoms. The maximum Gasteiger partial charge on any atom is 0.175 e. The van der Waals surface area contributed by atoms with Crippen LogP contribution in [0.3, 0.4) is 0 Å². The second-order valence-corrected chi connectivity index (χ2v) is 9.22. The highest BCUT2D eigenvalue weighted by atomic mass is 32.2. The van der Waals surface area contributed by atoms with E-state index in [1.54, 1.807) is 18.2 Å². The van der Waals surface area contributed by atoms with Crippen LogP contribution in [0.25, 0.3) is 0 Å². The molecule has 0 unspecified atom stereocenters. The number of benzene rings is 2. The van der Waals surface area contributed by atoms with E-state index < -0.39 is 21.5 Å². The van der Waals surface area contributed by atoms with Crippen LogP contribution in [0.15, 0.2) is 47.4 Å². The minimum atomic E-state index is -3.25. The summed E-state index contributed by atoms with van der Waals surface area (Å²) in [7, 11) is -3.25. The van der Waals surface area contributed by atoms with E-state index in [0.29, 0.717) is 25.5 Å². The summed E-state index contributed by atoms with van der Waals surface area (Å²) in [4.78, 5) is 4.75. The van der Waals surface area contributed by atoms with Gasteiger partial charge in [0.15, 0.2) is 21.4 Å². The molecule has 0 saturated carbocycles. The van der Waals surface area contributed by atoms with E-state index >= 15 is 0 Å². The molecule has 2 aromatic carbocycles. The van der Waals surface area contributed by atoms with Crippen molar-refractivity contribution in [2.75, 3.05) is 58.7 Å². The van der Waals surface area contributed by atoms with E-state index in [0.717, 1.165) is 38.8 Å². The SMILES string of the molecule is CS(=O)(=O)c1cccc(OCCN2CCN(CCOc3ccc(F)cc3F)CC2)c1. The molecule has 0 spiro atoms. The van der Waals surface area contributed by atoms with Gasteiger partial charge in [0.25, 0.3) is 0 Å². The van der Waals surface area contributed by atoms with Crippen LogP contribution in [0.4, 0.5) is 8.78 Å². The van der Waals surface area contributed by atoms with Crippen molar-refractivity contribution < 1.29 is 26.7 Å². The highest BCUT2D eigenvalue weighted by Gasteiger charge is 2.17. The second kappa shape index (κ2) is 10.2. The van der Waals surface area contributed by atoms with Gasteiger partial charge in [-0.15, -0.1) is 0 Å². The molecule has 1 aliphatic rings. The normalized spacial score (nSPS) is 15.8. The molecule has 1 aliphatic heterocycles. The topological polar surface area (TPSA) is 59.1 Å². The third-order valence-electron chi connectivity index (χ3n) is 4.93. The van der Waals surface area contributed by atoms with Crippen LogP contribution in [0.1, 0.15) is 0 Å². The maximum absolute atomic E-state index is 13.6. The number of hydrogen-bond acceptors (Lipinski definition) is 6. The maximum atomic E-state index is 13.6. The van der Waals surface area contributed by atoms with Gasteiger partial charge >= 0.3 is 0 Å². The Morgan fingerprint density at radius 2 is 1.53 bits per heavy atom. The third kappa shape index (κ3) is 6.65. The summed E-state index contributed by atoms with van der Waals surface area (Å²) in [5.41, 5.74) is 0. The van der Waals surface area contributed by atoms with Crippen molar-refractivity contribution in [3.63, 3.8) is 0 Å². The largest absolute Gasteiger partial charge is 0.492 e. The smallest absolute Gasteiger partial charge is 0.175 e. The van der Waals surface area contributed by atoms with E-state index in [1.807, 2.05) is 0 Å². The molecule has 0 atom stereocenters. The van der Waals surface area contributed by atoms with E-state index in [4.69, 9.17) is 9.47 Å². The van der Waals surface area contributed by atoms with E-state index in [1.165, 1.54) is 24.5 Å². The number of hydrogen-bond donors (Lipinski definition) is 0. The lowest BCUT2D eigenvalue weighted by atomic mass is 10.3. The predicted molar refractivity (Wildman–Crippen MR) is 110 cm³/mol. The molecule has 1 saturated heterocycles. The Morgan fingerprint density at radius 3 is 2.13 bits per heavy atom. The highest BCUT2D eigenvalue weighted by molar-refractivity contribution is 7.90. The van der Waals surface area contributed by atoms with Crippen molar-refractivity contribution in [1.29, 1.82) is 0 Å². The fourth-order valence-electron chi connectivity index (χ4n) is 3.20. The molecule has 2 aromatic rings. The van der Waals surface area contributed by atoms with E-state index in [2.05, 4.69) is 9.80 Å². The minimum absolute atomic E-state index is 0.0622. The van der Waals surface area contributed by atoms with Gasteiger partial charge in [0.2, 0.25) is 0 Å². The first-order valence-corrected chi connectivity index (χ1v) is 11.7. The van der Waals surface area contributed by atoms with E-state index in [-0.39, 0.29) is 10.6 Å². The Kier molecular flexibility index (Phi) is 7.63. The third-order valence-corrected chi connectivity index (χ3v) is 6.04. The van der Waals surface area contributed by atoms with Gasteiger partial charge in [-0.05, 0) is 30.3 Å². The molecule has 0 amide bonds. The van der Waals surface area contributed by atoms with Crippen LogP contribution >= 0.6 is 0 Å². The molecule has 0 radical (unpaired) electrons. The molecule has 6 nitrogen and oxygen atoms in total. The van der Waals surface area contributed by atoms with Gasteiger partial charge in [-0.25, -0.2) is 17.2 Å². The van der Waals surface area contributed by atoms with Crippen molar-refractivity contribution >= 4 is 9.84 Å². The number of rotatable bonds is 9. The monoisotopic (exact) mass is 440 g/mol. The Labute approximate surface area is 175 Å². The highest BCUT2D eigenvalue weighted by Crippen LogP contribution is 2.18. The second-order valence-electron chi connectivity index (χ2n) is 7.20. The lowest BCUT2D eigenvalue weighted by molar-refractivity contribution is 0.104. The first kappa shape index (κ1) is 22.5. The Balaban J connectivity index is 1.34. The fraction of sp³-hybridized carbons (Fsp3) is 0.429. The quantitative estimate of drug-likeness (QED) is 0.597. The van der Waals surface area contributed by atoms with Crippen LogP contribution in [-0.4, -0.2) is 77.0 Å². The zero-order valence-corrected chi connectivity index (χ0v) is 17.7. The van der Waals surface area contributed by atoms with Crippen LogP contribution in [0.5, 0.6) is 11.5 Å². The van der Waals surface area contributed by atoms with Crippen molar-refractivity contribution in [3.05, 3.63) is 54.1 Å². The first-order chi connectivity index (χ1) is 14.3. The molecule has 0 aliphatic carbocycles. The van der Waals surface area contributed by atoms with Gasteiger partial charge in [0.1, 0.15) is 24.8 Å². The first-order valence-electron chi connectivity index (χ1n) is 9.77. The van der Waals surface area contributed by atoms with Gasteiger partial charge in [-0.3, -0.25) is 9.80 Å². The summed E-state index contributed by atoms with van der Waals surface area (Å²) >= 11 is 0. The molecular weight excluding hydrogens is 414 g/mol. The Hall–Kier alpha value is -2.23. The molecular formula is C21H26F2N2O4S. The molecule has 164 valence electrons.